The van der Waals surface area contributed by atoms with E-state index in [2.05, 4.69) is 10.1 Å². The first-order chi connectivity index (χ1) is 7.16. The molecule has 2 aromatic heterocycles. The van der Waals surface area contributed by atoms with Crippen LogP contribution in [0.15, 0.2) is 29.5 Å². The molecule has 0 unspecified atom stereocenters. The fourth-order valence-corrected chi connectivity index (χ4v) is 1.44. The van der Waals surface area contributed by atoms with Crippen LogP contribution >= 0.6 is 11.6 Å². The zero-order valence-electron chi connectivity index (χ0n) is 8.09. The van der Waals surface area contributed by atoms with Crippen LogP contribution in [0.25, 0.3) is 0 Å². The van der Waals surface area contributed by atoms with Gasteiger partial charge in [-0.1, -0.05) is 11.6 Å². The molecule has 0 aliphatic heterocycles. The summed E-state index contributed by atoms with van der Waals surface area (Å²) in [4.78, 5) is 15.3. The van der Waals surface area contributed by atoms with E-state index in [-0.39, 0.29) is 5.69 Å². The molecule has 0 fully saturated rings. The Morgan fingerprint density at radius 2 is 2.33 bits per heavy atom. The van der Waals surface area contributed by atoms with E-state index in [0.717, 1.165) is 5.56 Å². The van der Waals surface area contributed by atoms with Crippen molar-refractivity contribution in [2.24, 2.45) is 7.05 Å². The topological polar surface area (TPSA) is 52.7 Å². The van der Waals surface area contributed by atoms with Crippen LogP contribution in [0.1, 0.15) is 5.56 Å². The van der Waals surface area contributed by atoms with Gasteiger partial charge in [0.05, 0.1) is 6.54 Å². The molecule has 0 radical (unpaired) electrons. The number of hydrogen-bond donors (Lipinski definition) is 0. The molecule has 0 atom stereocenters. The van der Waals surface area contributed by atoms with Gasteiger partial charge in [0.25, 0.3) is 0 Å². The van der Waals surface area contributed by atoms with Gasteiger partial charge in [0, 0.05) is 13.2 Å². The zero-order valence-corrected chi connectivity index (χ0v) is 8.85. The highest BCUT2D eigenvalue weighted by Crippen LogP contribution is 2.07. The maximum absolute atomic E-state index is 11.5. The van der Waals surface area contributed by atoms with Crippen molar-refractivity contribution in [2.75, 3.05) is 0 Å². The summed E-state index contributed by atoms with van der Waals surface area (Å²) in [6.07, 6.45) is 3.08. The zero-order chi connectivity index (χ0) is 10.8. The average molecular weight is 225 g/mol. The SMILES string of the molecule is Cn1cnn(Cc2ccnc(Cl)c2)c1=O. The van der Waals surface area contributed by atoms with Crippen LogP contribution in [-0.2, 0) is 13.6 Å². The summed E-state index contributed by atoms with van der Waals surface area (Å²) < 4.78 is 2.79. The van der Waals surface area contributed by atoms with Crippen molar-refractivity contribution in [1.82, 2.24) is 19.3 Å². The molecule has 0 spiro atoms. The van der Waals surface area contributed by atoms with E-state index in [0.29, 0.717) is 11.7 Å². The normalized spacial score (nSPS) is 10.5. The van der Waals surface area contributed by atoms with Crippen molar-refractivity contribution < 1.29 is 0 Å². The van der Waals surface area contributed by atoms with E-state index in [1.807, 2.05) is 0 Å². The summed E-state index contributed by atoms with van der Waals surface area (Å²) in [5, 5.41) is 4.36. The highest BCUT2D eigenvalue weighted by Gasteiger charge is 2.02. The second-order valence-corrected chi connectivity index (χ2v) is 3.56. The molecule has 0 saturated carbocycles. The van der Waals surface area contributed by atoms with Gasteiger partial charge in [-0.15, -0.1) is 0 Å². The molecule has 0 amide bonds. The van der Waals surface area contributed by atoms with Crippen LogP contribution in [-0.4, -0.2) is 19.3 Å². The first-order valence-electron chi connectivity index (χ1n) is 4.35. The number of nitrogens with zero attached hydrogens (tertiary/aromatic N) is 4. The Hall–Kier alpha value is -1.62. The molecule has 15 heavy (non-hydrogen) atoms. The third kappa shape index (κ3) is 2.07. The number of aryl methyl sites for hydroxylation is 1. The highest BCUT2D eigenvalue weighted by molar-refractivity contribution is 6.29. The smallest absolute Gasteiger partial charge is 0.285 e. The van der Waals surface area contributed by atoms with Crippen LogP contribution < -0.4 is 5.69 Å². The second-order valence-electron chi connectivity index (χ2n) is 3.17. The summed E-state index contributed by atoms with van der Waals surface area (Å²) in [6.45, 7) is 0.405. The predicted molar refractivity (Wildman–Crippen MR) is 55.8 cm³/mol. The summed E-state index contributed by atoms with van der Waals surface area (Å²) in [5.74, 6) is 0. The minimum atomic E-state index is -0.150. The van der Waals surface area contributed by atoms with Crippen molar-refractivity contribution in [3.63, 3.8) is 0 Å². The van der Waals surface area contributed by atoms with Crippen LogP contribution in [0.3, 0.4) is 0 Å². The lowest BCUT2D eigenvalue weighted by Gasteiger charge is -1.99. The standard InChI is InChI=1S/C9H9ClN4O/c1-13-6-12-14(9(13)15)5-7-2-3-11-8(10)4-7/h2-4,6H,5H2,1H3. The monoisotopic (exact) mass is 224 g/mol. The molecule has 6 heteroatoms. The lowest BCUT2D eigenvalue weighted by molar-refractivity contribution is 0.646. The molecule has 0 aliphatic rings. The molecule has 0 saturated heterocycles. The molecular weight excluding hydrogens is 216 g/mol. The molecular formula is C9H9ClN4O. The largest absolute Gasteiger partial charge is 0.345 e. The van der Waals surface area contributed by atoms with Gasteiger partial charge in [0.15, 0.2) is 0 Å². The first-order valence-corrected chi connectivity index (χ1v) is 4.73. The van der Waals surface area contributed by atoms with Crippen LogP contribution in [0, 0.1) is 0 Å². The minimum Gasteiger partial charge on any atom is -0.285 e. The lowest BCUT2D eigenvalue weighted by atomic mass is 10.3. The summed E-state index contributed by atoms with van der Waals surface area (Å²) in [6, 6.07) is 3.51. The van der Waals surface area contributed by atoms with E-state index in [4.69, 9.17) is 11.6 Å². The van der Waals surface area contributed by atoms with Crippen LogP contribution in [0.2, 0.25) is 5.15 Å². The Morgan fingerprint density at radius 1 is 1.53 bits per heavy atom. The van der Waals surface area contributed by atoms with E-state index in [9.17, 15) is 4.79 Å². The van der Waals surface area contributed by atoms with Crippen molar-refractivity contribution in [3.05, 3.63) is 45.9 Å². The predicted octanol–water partition coefficient (Wildman–Crippen LogP) is 0.678. The molecule has 5 nitrogen and oxygen atoms in total. The fraction of sp³-hybridized carbons (Fsp3) is 0.222. The van der Waals surface area contributed by atoms with Gasteiger partial charge in [-0.25, -0.2) is 14.5 Å². The van der Waals surface area contributed by atoms with Gasteiger partial charge in [-0.05, 0) is 17.7 Å². The van der Waals surface area contributed by atoms with E-state index in [1.165, 1.54) is 15.6 Å². The number of hydrogen-bond acceptors (Lipinski definition) is 3. The summed E-state index contributed by atoms with van der Waals surface area (Å²) in [5.41, 5.74) is 0.749. The maximum Gasteiger partial charge on any atom is 0.345 e. The van der Waals surface area contributed by atoms with Crippen molar-refractivity contribution in [3.8, 4) is 0 Å². The first kappa shape index (κ1) is 9.92. The Kier molecular flexibility index (Phi) is 2.55. The molecule has 0 N–H and O–H groups in total. The molecule has 78 valence electrons. The quantitative estimate of drug-likeness (QED) is 0.705. The second kappa shape index (κ2) is 3.86. The van der Waals surface area contributed by atoms with E-state index < -0.39 is 0 Å². The Labute approximate surface area is 90.9 Å². The third-order valence-corrected chi connectivity index (χ3v) is 2.22. The van der Waals surface area contributed by atoms with Gasteiger partial charge >= 0.3 is 5.69 Å². The maximum atomic E-state index is 11.5. The molecule has 2 heterocycles. The van der Waals surface area contributed by atoms with Crippen LogP contribution in [0.5, 0.6) is 0 Å². The van der Waals surface area contributed by atoms with Gasteiger partial charge in [0.1, 0.15) is 11.5 Å². The molecule has 2 aromatic rings. The summed E-state index contributed by atoms with van der Waals surface area (Å²) >= 11 is 5.73. The average Bonchev–Trinajstić information content (AvgIpc) is 2.50. The fourth-order valence-electron chi connectivity index (χ4n) is 1.24. The lowest BCUT2D eigenvalue weighted by Crippen LogP contribution is -2.23. The number of pyridine rings is 1. The Morgan fingerprint density at radius 3 is 2.93 bits per heavy atom. The number of rotatable bonds is 2. The van der Waals surface area contributed by atoms with E-state index in [1.54, 1.807) is 25.4 Å². The highest BCUT2D eigenvalue weighted by atomic mass is 35.5. The molecule has 0 aliphatic carbocycles. The molecule has 2 rings (SSSR count). The Balaban J connectivity index is 2.30. The van der Waals surface area contributed by atoms with Crippen molar-refractivity contribution in [2.45, 2.75) is 6.54 Å². The van der Waals surface area contributed by atoms with Crippen molar-refractivity contribution in [1.29, 1.82) is 0 Å². The van der Waals surface area contributed by atoms with Gasteiger partial charge in [0.2, 0.25) is 0 Å². The minimum absolute atomic E-state index is 0.150. The third-order valence-electron chi connectivity index (χ3n) is 2.01. The number of halogens is 1. The van der Waals surface area contributed by atoms with E-state index >= 15 is 0 Å². The molecule has 0 bridgehead atoms. The summed E-state index contributed by atoms with van der Waals surface area (Å²) in [7, 11) is 1.66. The number of aromatic nitrogens is 4. The van der Waals surface area contributed by atoms with Gasteiger partial charge in [-0.2, -0.15) is 5.10 Å². The van der Waals surface area contributed by atoms with Gasteiger partial charge < -0.3 is 0 Å². The van der Waals surface area contributed by atoms with Gasteiger partial charge in [-0.3, -0.25) is 4.57 Å². The molecule has 0 aromatic carbocycles. The van der Waals surface area contributed by atoms with Crippen molar-refractivity contribution >= 4 is 11.6 Å². The Bertz CT molecular complexity index is 531. The van der Waals surface area contributed by atoms with Crippen LogP contribution in [0.4, 0.5) is 0 Å².